The summed E-state index contributed by atoms with van der Waals surface area (Å²) in [7, 11) is 0. The van der Waals surface area contributed by atoms with Crippen molar-refractivity contribution in [2.45, 2.75) is 52.0 Å². The van der Waals surface area contributed by atoms with Crippen LogP contribution in [0.4, 0.5) is 0 Å². The van der Waals surface area contributed by atoms with Gasteiger partial charge in [0.25, 0.3) is 0 Å². The SMILES string of the molecule is CCCCC(C(=O)O)N(CC(C)C(=O)O)C(=O)C1CC1. The molecule has 0 saturated heterocycles. The van der Waals surface area contributed by atoms with Crippen LogP contribution >= 0.6 is 0 Å². The van der Waals surface area contributed by atoms with E-state index in [2.05, 4.69) is 0 Å². The largest absolute Gasteiger partial charge is 0.481 e. The first-order chi connectivity index (χ1) is 9.38. The number of carboxylic acids is 2. The Bertz CT molecular complexity index is 378. The number of carbonyl (C=O) groups excluding carboxylic acids is 1. The molecule has 0 spiro atoms. The number of rotatable bonds is 9. The van der Waals surface area contributed by atoms with Gasteiger partial charge in [0.05, 0.1) is 5.92 Å². The summed E-state index contributed by atoms with van der Waals surface area (Å²) in [6, 6.07) is -0.912. The lowest BCUT2D eigenvalue weighted by atomic mass is 10.0. The van der Waals surface area contributed by atoms with E-state index in [0.717, 1.165) is 19.3 Å². The molecule has 1 rings (SSSR count). The van der Waals surface area contributed by atoms with Gasteiger partial charge in [0.2, 0.25) is 5.91 Å². The molecule has 1 saturated carbocycles. The molecular formula is C14H23NO5. The second kappa shape index (κ2) is 7.26. The van der Waals surface area contributed by atoms with E-state index in [1.54, 1.807) is 0 Å². The third-order valence-electron chi connectivity index (χ3n) is 3.59. The average Bonchev–Trinajstić information content (AvgIpc) is 3.20. The van der Waals surface area contributed by atoms with Crippen molar-refractivity contribution >= 4 is 17.8 Å². The molecule has 6 heteroatoms. The fourth-order valence-electron chi connectivity index (χ4n) is 2.12. The van der Waals surface area contributed by atoms with Gasteiger partial charge in [-0.2, -0.15) is 0 Å². The predicted molar refractivity (Wildman–Crippen MR) is 72.2 cm³/mol. The zero-order valence-electron chi connectivity index (χ0n) is 12.0. The third-order valence-corrected chi connectivity index (χ3v) is 3.59. The highest BCUT2D eigenvalue weighted by atomic mass is 16.4. The summed E-state index contributed by atoms with van der Waals surface area (Å²) >= 11 is 0. The van der Waals surface area contributed by atoms with Crippen LogP contribution in [0.5, 0.6) is 0 Å². The molecule has 0 aliphatic heterocycles. The van der Waals surface area contributed by atoms with Crippen LogP contribution in [0.15, 0.2) is 0 Å². The molecule has 0 heterocycles. The Kier molecular flexibility index (Phi) is 5.98. The Morgan fingerprint density at radius 1 is 1.20 bits per heavy atom. The van der Waals surface area contributed by atoms with Gasteiger partial charge in [-0.05, 0) is 19.3 Å². The summed E-state index contributed by atoms with van der Waals surface area (Å²) in [6.45, 7) is 3.41. The highest BCUT2D eigenvalue weighted by Crippen LogP contribution is 2.32. The maximum atomic E-state index is 12.2. The molecule has 1 aliphatic carbocycles. The quantitative estimate of drug-likeness (QED) is 0.670. The zero-order valence-corrected chi connectivity index (χ0v) is 12.0. The topological polar surface area (TPSA) is 94.9 Å². The summed E-state index contributed by atoms with van der Waals surface area (Å²) in [4.78, 5) is 35.9. The van der Waals surface area contributed by atoms with E-state index in [4.69, 9.17) is 5.11 Å². The van der Waals surface area contributed by atoms with E-state index in [9.17, 15) is 19.5 Å². The van der Waals surface area contributed by atoms with E-state index in [-0.39, 0.29) is 18.4 Å². The van der Waals surface area contributed by atoms with Gasteiger partial charge in [0.15, 0.2) is 0 Å². The fraction of sp³-hybridized carbons (Fsp3) is 0.786. The molecule has 2 atom stereocenters. The Hall–Kier alpha value is -1.59. The molecule has 6 nitrogen and oxygen atoms in total. The Balaban J connectivity index is 2.84. The number of amides is 1. The second-order valence-corrected chi connectivity index (χ2v) is 5.50. The van der Waals surface area contributed by atoms with E-state index < -0.39 is 23.9 Å². The van der Waals surface area contributed by atoms with Gasteiger partial charge in [-0.25, -0.2) is 4.79 Å². The monoisotopic (exact) mass is 285 g/mol. The number of carboxylic acid groups (broad SMARTS) is 2. The Morgan fingerprint density at radius 3 is 2.20 bits per heavy atom. The molecular weight excluding hydrogens is 262 g/mol. The smallest absolute Gasteiger partial charge is 0.326 e. The first-order valence-electron chi connectivity index (χ1n) is 7.14. The lowest BCUT2D eigenvalue weighted by Crippen LogP contribution is -2.48. The number of hydrogen-bond donors (Lipinski definition) is 2. The standard InChI is InChI=1S/C14H23NO5/c1-3-4-5-11(14(19)20)15(8-9(2)13(17)18)12(16)10-6-7-10/h9-11H,3-8H2,1-2H3,(H,17,18)(H,19,20). The van der Waals surface area contributed by atoms with Gasteiger partial charge in [-0.3, -0.25) is 9.59 Å². The summed E-state index contributed by atoms with van der Waals surface area (Å²) in [5, 5.41) is 18.3. The zero-order chi connectivity index (χ0) is 15.3. The number of hydrogen-bond acceptors (Lipinski definition) is 3. The van der Waals surface area contributed by atoms with Gasteiger partial charge in [-0.1, -0.05) is 26.7 Å². The number of carbonyl (C=O) groups is 3. The van der Waals surface area contributed by atoms with Gasteiger partial charge in [0, 0.05) is 12.5 Å². The van der Waals surface area contributed by atoms with Crippen molar-refractivity contribution in [1.29, 1.82) is 0 Å². The molecule has 0 aromatic heterocycles. The molecule has 0 aromatic carbocycles. The van der Waals surface area contributed by atoms with Crippen LogP contribution in [0.25, 0.3) is 0 Å². The minimum absolute atomic E-state index is 0.0364. The van der Waals surface area contributed by atoms with Crippen LogP contribution in [0.3, 0.4) is 0 Å². The average molecular weight is 285 g/mol. The highest BCUT2D eigenvalue weighted by Gasteiger charge is 2.39. The summed E-state index contributed by atoms with van der Waals surface area (Å²) in [6.07, 6.45) is 3.46. The molecule has 2 N–H and O–H groups in total. The molecule has 0 radical (unpaired) electrons. The van der Waals surface area contributed by atoms with Crippen molar-refractivity contribution in [3.05, 3.63) is 0 Å². The lowest BCUT2D eigenvalue weighted by molar-refractivity contribution is -0.154. The summed E-state index contributed by atoms with van der Waals surface area (Å²) in [5.74, 6) is -3.15. The number of unbranched alkanes of at least 4 members (excludes halogenated alkanes) is 1. The molecule has 1 amide bonds. The first-order valence-corrected chi connectivity index (χ1v) is 7.14. The summed E-state index contributed by atoms with van der Waals surface area (Å²) in [5.41, 5.74) is 0. The van der Waals surface area contributed by atoms with Crippen molar-refractivity contribution in [3.63, 3.8) is 0 Å². The van der Waals surface area contributed by atoms with Crippen LogP contribution in [0.2, 0.25) is 0 Å². The van der Waals surface area contributed by atoms with E-state index in [0.29, 0.717) is 12.8 Å². The maximum absolute atomic E-state index is 12.2. The van der Waals surface area contributed by atoms with E-state index >= 15 is 0 Å². The van der Waals surface area contributed by atoms with Gasteiger partial charge in [-0.15, -0.1) is 0 Å². The normalized spacial score (nSPS) is 17.3. The maximum Gasteiger partial charge on any atom is 0.326 e. The Labute approximate surface area is 118 Å². The van der Waals surface area contributed by atoms with Crippen molar-refractivity contribution in [2.75, 3.05) is 6.54 Å². The van der Waals surface area contributed by atoms with E-state index in [1.165, 1.54) is 11.8 Å². The Morgan fingerprint density at radius 2 is 1.80 bits per heavy atom. The predicted octanol–water partition coefficient (Wildman–Crippen LogP) is 1.59. The van der Waals surface area contributed by atoms with Crippen molar-refractivity contribution in [1.82, 2.24) is 4.90 Å². The molecule has 0 aromatic rings. The first kappa shape index (κ1) is 16.5. The minimum atomic E-state index is -1.05. The van der Waals surface area contributed by atoms with Gasteiger partial charge in [0.1, 0.15) is 6.04 Å². The lowest BCUT2D eigenvalue weighted by Gasteiger charge is -2.30. The molecule has 114 valence electrons. The van der Waals surface area contributed by atoms with Crippen LogP contribution in [-0.2, 0) is 14.4 Å². The van der Waals surface area contributed by atoms with Crippen LogP contribution in [-0.4, -0.2) is 45.5 Å². The van der Waals surface area contributed by atoms with Crippen molar-refractivity contribution in [2.24, 2.45) is 11.8 Å². The second-order valence-electron chi connectivity index (χ2n) is 5.50. The van der Waals surface area contributed by atoms with E-state index in [1.807, 2.05) is 6.92 Å². The van der Waals surface area contributed by atoms with Crippen molar-refractivity contribution < 1.29 is 24.6 Å². The van der Waals surface area contributed by atoms with Crippen LogP contribution < -0.4 is 0 Å². The van der Waals surface area contributed by atoms with Crippen molar-refractivity contribution in [3.8, 4) is 0 Å². The molecule has 2 unspecified atom stereocenters. The van der Waals surface area contributed by atoms with Gasteiger partial charge < -0.3 is 15.1 Å². The molecule has 0 bridgehead atoms. The fourth-order valence-corrected chi connectivity index (χ4v) is 2.12. The van der Waals surface area contributed by atoms with Gasteiger partial charge >= 0.3 is 11.9 Å². The molecule has 1 aliphatic rings. The third kappa shape index (κ3) is 4.51. The summed E-state index contributed by atoms with van der Waals surface area (Å²) < 4.78 is 0. The van der Waals surface area contributed by atoms with Crippen LogP contribution in [0, 0.1) is 11.8 Å². The van der Waals surface area contributed by atoms with Crippen LogP contribution in [0.1, 0.15) is 46.0 Å². The minimum Gasteiger partial charge on any atom is -0.481 e. The number of aliphatic carboxylic acids is 2. The molecule has 20 heavy (non-hydrogen) atoms. The number of nitrogens with zero attached hydrogens (tertiary/aromatic N) is 1. The molecule has 1 fully saturated rings. The highest BCUT2D eigenvalue weighted by molar-refractivity contribution is 5.87.